The molecule has 0 N–H and O–H groups in total. The molecule has 254 valence electrons. The molecule has 0 fully saturated rings. The molecule has 0 saturated carbocycles. The summed E-state index contributed by atoms with van der Waals surface area (Å²) in [4.78, 5) is 0. The number of hydrogen-bond acceptors (Lipinski definition) is 6. The van der Waals surface area contributed by atoms with Crippen LogP contribution in [0.25, 0.3) is 66.6 Å². The van der Waals surface area contributed by atoms with Crippen molar-refractivity contribution in [2.24, 2.45) is 0 Å². The van der Waals surface area contributed by atoms with Gasteiger partial charge in [0.15, 0.2) is 0 Å². The van der Waals surface area contributed by atoms with E-state index in [4.69, 9.17) is 0 Å². The maximum Gasteiger partial charge on any atom is 1.00 e. The van der Waals surface area contributed by atoms with Crippen molar-refractivity contribution in [3.05, 3.63) is 133 Å². The molecule has 2 aromatic heterocycles. The van der Waals surface area contributed by atoms with Crippen molar-refractivity contribution in [1.82, 2.24) is 9.13 Å². The summed E-state index contributed by atoms with van der Waals surface area (Å²) in [6, 6.07) is 44.1. The third kappa shape index (κ3) is 8.69. The van der Waals surface area contributed by atoms with Gasteiger partial charge in [0, 0.05) is 57.5 Å². The van der Waals surface area contributed by atoms with Gasteiger partial charge in [0.2, 0.25) is 0 Å². The first-order valence-corrected chi connectivity index (χ1v) is 19.6. The Labute approximate surface area is 348 Å². The second kappa shape index (κ2) is 17.0. The number of rotatable bonds is 12. The Kier molecular flexibility index (Phi) is 13.1. The predicted molar refractivity (Wildman–Crippen MR) is 198 cm³/mol. The molecule has 7 aromatic rings. The number of hydrogen-bond donors (Lipinski definition) is 0. The van der Waals surface area contributed by atoms with Crippen molar-refractivity contribution < 1.29 is 85.1 Å². The van der Waals surface area contributed by atoms with E-state index in [2.05, 4.69) is 21.3 Å². The molecule has 0 spiro atoms. The zero-order chi connectivity index (χ0) is 34.9. The minimum Gasteiger partial charge on any atom is -0.748 e. The van der Waals surface area contributed by atoms with Crippen LogP contribution in [0.3, 0.4) is 0 Å². The van der Waals surface area contributed by atoms with E-state index < -0.39 is 31.7 Å². The monoisotopic (exact) mass is 748 g/mol. The Morgan fingerprint density at radius 2 is 0.731 bits per heavy atom. The predicted octanol–water partition coefficient (Wildman–Crippen LogP) is 2.14. The summed E-state index contributed by atoms with van der Waals surface area (Å²) >= 11 is 0. The van der Waals surface area contributed by atoms with Crippen LogP contribution in [0.1, 0.15) is 12.8 Å². The molecule has 0 aliphatic heterocycles. The van der Waals surface area contributed by atoms with Crippen LogP contribution in [0.4, 0.5) is 0 Å². The van der Waals surface area contributed by atoms with E-state index in [0.717, 1.165) is 66.6 Å². The van der Waals surface area contributed by atoms with Gasteiger partial charge in [-0.3, -0.25) is 0 Å². The molecule has 5 aromatic carbocycles. The number of nitrogens with zero attached hydrogens (tertiary/aromatic N) is 2. The first kappa shape index (κ1) is 40.2. The van der Waals surface area contributed by atoms with E-state index >= 15 is 0 Å². The van der Waals surface area contributed by atoms with Gasteiger partial charge in [0.1, 0.15) is 0 Å². The summed E-state index contributed by atoms with van der Waals surface area (Å²) in [6.07, 6.45) is 0.264. The molecule has 8 nitrogen and oxygen atoms in total. The summed E-state index contributed by atoms with van der Waals surface area (Å²) < 4.78 is 74.7. The number of fused-ring (bicyclic) bond motifs is 2. The second-order valence-corrected chi connectivity index (χ2v) is 15.4. The van der Waals surface area contributed by atoms with Crippen LogP contribution in [0.15, 0.2) is 133 Å². The Hall–Kier alpha value is -3.00. The Bertz CT molecular complexity index is 2340. The van der Waals surface area contributed by atoms with Crippen molar-refractivity contribution in [2.75, 3.05) is 11.5 Å². The minimum absolute atomic E-state index is 0. The van der Waals surface area contributed by atoms with Gasteiger partial charge in [-0.2, -0.15) is 0 Å². The molecular formula is C40H34N2Na2O6S2. The maximum absolute atomic E-state index is 11.7. The largest absolute Gasteiger partial charge is 1.00 e. The number of benzene rings is 5. The van der Waals surface area contributed by atoms with Crippen LogP contribution in [0.5, 0.6) is 0 Å². The van der Waals surface area contributed by atoms with Crippen LogP contribution >= 0.6 is 0 Å². The fourth-order valence-corrected chi connectivity index (χ4v) is 8.01. The molecule has 0 saturated heterocycles. The fourth-order valence-electron chi connectivity index (χ4n) is 7.04. The molecule has 52 heavy (non-hydrogen) atoms. The molecule has 12 heteroatoms. The van der Waals surface area contributed by atoms with Gasteiger partial charge in [-0.15, -0.1) is 0 Å². The van der Waals surface area contributed by atoms with Gasteiger partial charge in [0.05, 0.1) is 31.6 Å². The summed E-state index contributed by atoms with van der Waals surface area (Å²) in [6.45, 7) is 0.573. The maximum atomic E-state index is 11.7. The van der Waals surface area contributed by atoms with Crippen LogP contribution in [-0.4, -0.2) is 46.6 Å². The molecule has 7 rings (SSSR count). The molecular weight excluding hydrogens is 715 g/mol. The van der Waals surface area contributed by atoms with E-state index in [1.807, 2.05) is 121 Å². The smallest absolute Gasteiger partial charge is 0.748 e. The van der Waals surface area contributed by atoms with Crippen molar-refractivity contribution in [1.29, 1.82) is 0 Å². The van der Waals surface area contributed by atoms with Crippen molar-refractivity contribution in [3.8, 4) is 44.8 Å². The average Bonchev–Trinajstić information content (AvgIpc) is 3.59. The van der Waals surface area contributed by atoms with E-state index in [1.54, 1.807) is 0 Å². The average molecular weight is 749 g/mol. The molecule has 2 heterocycles. The Balaban J connectivity index is 0.00000261. The van der Waals surface area contributed by atoms with Crippen LogP contribution in [0.2, 0.25) is 0 Å². The summed E-state index contributed by atoms with van der Waals surface area (Å²) in [7, 11) is -8.86. The third-order valence-electron chi connectivity index (χ3n) is 9.02. The van der Waals surface area contributed by atoms with Crippen molar-refractivity contribution in [2.45, 2.75) is 25.9 Å². The van der Waals surface area contributed by atoms with Gasteiger partial charge in [0.25, 0.3) is 0 Å². The van der Waals surface area contributed by atoms with Crippen LogP contribution < -0.4 is 59.1 Å². The first-order valence-electron chi connectivity index (χ1n) is 16.4. The zero-order valence-corrected chi connectivity index (χ0v) is 34.7. The molecule has 0 bridgehead atoms. The van der Waals surface area contributed by atoms with E-state index in [-0.39, 0.29) is 85.0 Å². The number of aromatic nitrogens is 2. The quantitative estimate of drug-likeness (QED) is 0.140. The van der Waals surface area contributed by atoms with Gasteiger partial charge in [-0.25, -0.2) is 16.8 Å². The van der Waals surface area contributed by atoms with E-state index in [1.165, 1.54) is 0 Å². The molecule has 0 radical (unpaired) electrons. The molecule has 0 unspecified atom stereocenters. The molecule has 0 amide bonds. The van der Waals surface area contributed by atoms with Gasteiger partial charge >= 0.3 is 59.1 Å². The Morgan fingerprint density at radius 3 is 1.02 bits per heavy atom. The van der Waals surface area contributed by atoms with Crippen molar-refractivity contribution in [3.63, 3.8) is 0 Å². The third-order valence-corrected chi connectivity index (χ3v) is 10.6. The van der Waals surface area contributed by atoms with Gasteiger partial charge < -0.3 is 18.2 Å². The topological polar surface area (TPSA) is 124 Å². The van der Waals surface area contributed by atoms with Crippen LogP contribution in [0, 0.1) is 0 Å². The summed E-state index contributed by atoms with van der Waals surface area (Å²) in [5, 5.41) is 1.84. The van der Waals surface area contributed by atoms with E-state index in [9.17, 15) is 25.9 Å². The summed E-state index contributed by atoms with van der Waals surface area (Å²) in [5.74, 6) is -0.980. The molecule has 0 atom stereocenters. The first-order chi connectivity index (χ1) is 24.1. The fraction of sp³-hybridized carbons (Fsp3) is 0.150. The zero-order valence-electron chi connectivity index (χ0n) is 29.1. The minimum atomic E-state index is -4.43. The summed E-state index contributed by atoms with van der Waals surface area (Å²) in [5.41, 5.74) is 9.26. The van der Waals surface area contributed by atoms with Crippen molar-refractivity contribution >= 4 is 42.0 Å². The van der Waals surface area contributed by atoms with Gasteiger partial charge in [-0.05, 0) is 47.2 Å². The number of aryl methyl sites for hydroxylation is 2. The van der Waals surface area contributed by atoms with Gasteiger partial charge in [-0.1, -0.05) is 121 Å². The van der Waals surface area contributed by atoms with E-state index in [0.29, 0.717) is 0 Å². The SMILES string of the molecule is O=S(=O)([O-])CCCn1c(-c2ccccc2)c(-c2ccccc2)c2cc3c(cc21)c(-c1ccccc1)c(-c1ccccc1)n3CCCS(=O)(=O)[O-].[Na+].[Na+]. The second-order valence-electron chi connectivity index (χ2n) is 12.3. The molecule has 0 aliphatic rings. The van der Waals surface area contributed by atoms with Crippen LogP contribution in [-0.2, 0) is 33.3 Å². The standard InChI is InChI=1S/C40H36N2O6S2.2Na/c43-49(44,45)25-13-23-41-35-28-34-36(27-33(35)37(29-15-5-1-6-16-29)39(41)31-19-9-3-10-20-31)42(24-14-26-50(46,47)48)40(32-21-11-4-12-22-32)38(34)30-17-7-2-8-18-30;;/h1-12,15-22,27-28H,13-14,23-26H2,(H,43,44,45)(H,46,47,48);;/q;2*+1/p-2. The normalized spacial score (nSPS) is 11.7. The molecule has 0 aliphatic carbocycles. The Morgan fingerprint density at radius 1 is 0.442 bits per heavy atom.